The third-order valence-corrected chi connectivity index (χ3v) is 2.18. The number of carbonyl (C=O) groups is 1. The fourth-order valence-electron chi connectivity index (χ4n) is 1.16. The second-order valence-corrected chi connectivity index (χ2v) is 3.50. The molecule has 0 saturated heterocycles. The smallest absolute Gasteiger partial charge is 0.266 e. The number of hydrogen-bond acceptors (Lipinski definition) is 2. The van der Waals surface area contributed by atoms with E-state index in [9.17, 15) is 9.59 Å². The van der Waals surface area contributed by atoms with E-state index in [1.54, 1.807) is 13.8 Å². The summed E-state index contributed by atoms with van der Waals surface area (Å²) >= 11 is 0. The van der Waals surface area contributed by atoms with E-state index in [0.29, 0.717) is 0 Å². The Hall–Kier alpha value is -1.73. The van der Waals surface area contributed by atoms with E-state index in [-0.39, 0.29) is 0 Å². The predicted molar refractivity (Wildman–Crippen MR) is 52.6 cm³/mol. The summed E-state index contributed by atoms with van der Waals surface area (Å²) < 4.78 is 0. The zero-order valence-corrected chi connectivity index (χ0v) is 8.15. The first-order chi connectivity index (χ1) is 6.59. The Morgan fingerprint density at radius 3 is 2.36 bits per heavy atom. The van der Waals surface area contributed by atoms with Crippen LogP contribution in [0.15, 0.2) is 35.3 Å². The Labute approximate surface area is 82.5 Å². The average molecular weight is 189 g/mol. The van der Waals surface area contributed by atoms with Crippen LogP contribution in [0.1, 0.15) is 19.4 Å². The van der Waals surface area contributed by atoms with Crippen molar-refractivity contribution in [2.24, 2.45) is 4.99 Å². The minimum atomic E-state index is -0.765. The van der Waals surface area contributed by atoms with E-state index < -0.39 is 11.3 Å². The van der Waals surface area contributed by atoms with Crippen LogP contribution < -0.4 is 0 Å². The molecule has 0 spiro atoms. The Balaban J connectivity index is 3.08. The van der Waals surface area contributed by atoms with Crippen molar-refractivity contribution in [2.45, 2.75) is 19.3 Å². The van der Waals surface area contributed by atoms with E-state index >= 15 is 0 Å². The van der Waals surface area contributed by atoms with Gasteiger partial charge in [0.15, 0.2) is 0 Å². The predicted octanol–water partition coefficient (Wildman–Crippen LogP) is 1.83. The average Bonchev–Trinajstić information content (AvgIpc) is 2.19. The maximum absolute atomic E-state index is 11.4. The van der Waals surface area contributed by atoms with E-state index in [1.807, 2.05) is 30.3 Å². The quantitative estimate of drug-likeness (QED) is 0.526. The largest absolute Gasteiger partial charge is 0.271 e. The summed E-state index contributed by atoms with van der Waals surface area (Å²) in [5.41, 5.74) is 0.0718. The van der Waals surface area contributed by atoms with Crippen molar-refractivity contribution in [3.8, 4) is 0 Å². The van der Waals surface area contributed by atoms with Crippen LogP contribution in [-0.4, -0.2) is 12.0 Å². The summed E-state index contributed by atoms with van der Waals surface area (Å²) in [6.45, 7) is 3.46. The van der Waals surface area contributed by atoms with Crippen molar-refractivity contribution in [1.29, 1.82) is 0 Å². The second-order valence-electron chi connectivity index (χ2n) is 3.50. The van der Waals surface area contributed by atoms with Gasteiger partial charge in [0.05, 0.1) is 5.41 Å². The Morgan fingerprint density at radius 1 is 1.29 bits per heavy atom. The summed E-state index contributed by atoms with van der Waals surface area (Å²) in [5.74, 6) is -0.473. The molecule has 0 radical (unpaired) electrons. The molecule has 72 valence electrons. The molecule has 0 aromatic heterocycles. The van der Waals surface area contributed by atoms with Crippen LogP contribution in [0.4, 0.5) is 0 Å². The van der Waals surface area contributed by atoms with Crippen LogP contribution in [0.5, 0.6) is 0 Å². The molecular weight excluding hydrogens is 178 g/mol. The van der Waals surface area contributed by atoms with Crippen LogP contribution in [0.25, 0.3) is 0 Å². The maximum atomic E-state index is 11.4. The number of aliphatic imine (C=N–C) groups is 1. The lowest BCUT2D eigenvalue weighted by Gasteiger charge is -2.19. The van der Waals surface area contributed by atoms with E-state index in [0.717, 1.165) is 5.56 Å². The highest BCUT2D eigenvalue weighted by Gasteiger charge is 2.29. The van der Waals surface area contributed by atoms with E-state index in [2.05, 4.69) is 4.99 Å². The number of benzene rings is 1. The topological polar surface area (TPSA) is 46.5 Å². The van der Waals surface area contributed by atoms with Gasteiger partial charge in [-0.15, -0.1) is 4.99 Å². The summed E-state index contributed by atoms with van der Waals surface area (Å²) in [7, 11) is 0. The Kier molecular flexibility index (Phi) is 2.95. The monoisotopic (exact) mass is 189 g/mol. The molecule has 0 N–H and O–H groups in total. The summed E-state index contributed by atoms with van der Waals surface area (Å²) in [5, 5.41) is 0. The molecule has 0 aliphatic heterocycles. The molecule has 14 heavy (non-hydrogen) atoms. The van der Waals surface area contributed by atoms with Crippen LogP contribution in [-0.2, 0) is 15.0 Å². The molecule has 0 atom stereocenters. The van der Waals surface area contributed by atoms with Gasteiger partial charge in [0, 0.05) is 0 Å². The second kappa shape index (κ2) is 3.99. The van der Waals surface area contributed by atoms with Gasteiger partial charge in [0.2, 0.25) is 6.08 Å². The molecule has 0 aliphatic rings. The SMILES string of the molecule is CC(C)(C(=O)N=C=O)c1ccccc1. The third-order valence-electron chi connectivity index (χ3n) is 2.18. The maximum Gasteiger partial charge on any atom is 0.266 e. The molecule has 1 aromatic carbocycles. The lowest BCUT2D eigenvalue weighted by molar-refractivity contribution is -0.122. The fourth-order valence-corrected chi connectivity index (χ4v) is 1.16. The number of amides is 1. The van der Waals surface area contributed by atoms with Gasteiger partial charge in [-0.3, -0.25) is 4.79 Å². The van der Waals surface area contributed by atoms with Gasteiger partial charge in [-0.05, 0) is 19.4 Å². The third kappa shape index (κ3) is 1.95. The number of nitrogens with zero attached hydrogens (tertiary/aromatic N) is 1. The van der Waals surface area contributed by atoms with Crippen molar-refractivity contribution in [2.75, 3.05) is 0 Å². The minimum absolute atomic E-state index is 0.473. The zero-order chi connectivity index (χ0) is 10.6. The van der Waals surface area contributed by atoms with Crippen molar-refractivity contribution >= 4 is 12.0 Å². The highest BCUT2D eigenvalue weighted by atomic mass is 16.2. The molecular formula is C11H11NO2. The van der Waals surface area contributed by atoms with Gasteiger partial charge in [-0.25, -0.2) is 4.79 Å². The van der Waals surface area contributed by atoms with Crippen LogP contribution in [0.2, 0.25) is 0 Å². The molecule has 0 aliphatic carbocycles. The van der Waals surface area contributed by atoms with Crippen molar-refractivity contribution in [3.05, 3.63) is 35.9 Å². The van der Waals surface area contributed by atoms with Gasteiger partial charge in [0.1, 0.15) is 0 Å². The van der Waals surface area contributed by atoms with Crippen molar-refractivity contribution in [1.82, 2.24) is 0 Å². The number of rotatable bonds is 2. The minimum Gasteiger partial charge on any atom is -0.271 e. The van der Waals surface area contributed by atoms with Gasteiger partial charge < -0.3 is 0 Å². The zero-order valence-electron chi connectivity index (χ0n) is 8.15. The highest BCUT2D eigenvalue weighted by Crippen LogP contribution is 2.23. The Bertz CT molecular complexity index is 376. The lowest BCUT2D eigenvalue weighted by atomic mass is 9.84. The standard InChI is InChI=1S/C11H11NO2/c1-11(2,10(14)12-8-13)9-6-4-3-5-7-9/h3-7H,1-2H3. The first-order valence-electron chi connectivity index (χ1n) is 4.27. The highest BCUT2D eigenvalue weighted by molar-refractivity contribution is 5.91. The normalized spacial score (nSPS) is 10.4. The Morgan fingerprint density at radius 2 is 1.86 bits per heavy atom. The van der Waals surface area contributed by atoms with Gasteiger partial charge >= 0.3 is 0 Å². The summed E-state index contributed by atoms with van der Waals surface area (Å²) in [6, 6.07) is 9.22. The van der Waals surface area contributed by atoms with Crippen LogP contribution >= 0.6 is 0 Å². The molecule has 0 bridgehead atoms. The first-order valence-corrected chi connectivity index (χ1v) is 4.27. The molecule has 0 fully saturated rings. The van der Waals surface area contributed by atoms with Gasteiger partial charge in [-0.2, -0.15) is 0 Å². The van der Waals surface area contributed by atoms with E-state index in [4.69, 9.17) is 0 Å². The summed E-state index contributed by atoms with van der Waals surface area (Å²) in [4.78, 5) is 24.5. The lowest BCUT2D eigenvalue weighted by Crippen LogP contribution is -2.27. The molecule has 3 nitrogen and oxygen atoms in total. The molecule has 1 rings (SSSR count). The molecule has 0 saturated carbocycles. The number of carbonyl (C=O) groups excluding carboxylic acids is 2. The molecule has 1 aromatic rings. The van der Waals surface area contributed by atoms with Gasteiger partial charge in [-0.1, -0.05) is 30.3 Å². The molecule has 1 amide bonds. The van der Waals surface area contributed by atoms with Crippen molar-refractivity contribution in [3.63, 3.8) is 0 Å². The molecule has 3 heteroatoms. The first kappa shape index (κ1) is 10.4. The molecule has 0 unspecified atom stereocenters. The summed E-state index contributed by atoms with van der Waals surface area (Å²) in [6.07, 6.45) is 1.27. The molecule has 0 heterocycles. The van der Waals surface area contributed by atoms with Crippen LogP contribution in [0, 0.1) is 0 Å². The fraction of sp³-hybridized carbons (Fsp3) is 0.273. The van der Waals surface area contributed by atoms with Crippen molar-refractivity contribution < 1.29 is 9.59 Å². The van der Waals surface area contributed by atoms with Gasteiger partial charge in [0.25, 0.3) is 5.91 Å². The number of isocyanates is 1. The number of hydrogen-bond donors (Lipinski definition) is 0. The van der Waals surface area contributed by atoms with Crippen LogP contribution in [0.3, 0.4) is 0 Å². The van der Waals surface area contributed by atoms with E-state index in [1.165, 1.54) is 6.08 Å².